The Balaban J connectivity index is 2.94. The van der Waals surface area contributed by atoms with Gasteiger partial charge < -0.3 is 10.6 Å². The summed E-state index contributed by atoms with van der Waals surface area (Å²) in [5.41, 5.74) is 0.197. The number of halogens is 8. The van der Waals surface area contributed by atoms with E-state index in [0.717, 1.165) is 0 Å². The van der Waals surface area contributed by atoms with Gasteiger partial charge in [-0.3, -0.25) is 4.79 Å². The predicted octanol–water partition coefficient (Wildman–Crippen LogP) is 4.78. The van der Waals surface area contributed by atoms with Crippen LogP contribution in [0.15, 0.2) is 18.2 Å². The van der Waals surface area contributed by atoms with Crippen molar-refractivity contribution < 1.29 is 18.0 Å². The standard InChI is InChI=1S/C10H6Cl5F3N2O/c11-5-2-1-4(3-6(5)12)19-7(9(13,14)15)20-8(21)10(16,17)18/h1-3,7,19H,(H,20,21). The lowest BCUT2D eigenvalue weighted by Crippen LogP contribution is -2.52. The van der Waals surface area contributed by atoms with E-state index in [2.05, 4.69) is 5.32 Å². The van der Waals surface area contributed by atoms with Gasteiger partial charge in [0.1, 0.15) is 6.17 Å². The third kappa shape index (κ3) is 5.79. The number of benzene rings is 1. The van der Waals surface area contributed by atoms with Crippen molar-refractivity contribution in [3.8, 4) is 0 Å². The summed E-state index contributed by atoms with van der Waals surface area (Å²) in [6, 6.07) is 4.07. The Labute approximate surface area is 142 Å². The van der Waals surface area contributed by atoms with Crippen molar-refractivity contribution in [3.05, 3.63) is 28.2 Å². The molecule has 1 aromatic rings. The van der Waals surface area contributed by atoms with Crippen LogP contribution in [0.2, 0.25) is 10.0 Å². The van der Waals surface area contributed by atoms with E-state index in [1.807, 2.05) is 0 Å². The molecule has 118 valence electrons. The van der Waals surface area contributed by atoms with Crippen LogP contribution in [0.4, 0.5) is 18.9 Å². The second-order valence-corrected chi connectivity index (χ2v) is 6.90. The zero-order valence-electron chi connectivity index (χ0n) is 9.74. The van der Waals surface area contributed by atoms with Crippen LogP contribution in [0, 0.1) is 0 Å². The van der Waals surface area contributed by atoms with E-state index in [4.69, 9.17) is 58.0 Å². The highest BCUT2D eigenvalue weighted by Crippen LogP contribution is 2.33. The molecular formula is C10H6Cl5F3N2O. The first kappa shape index (κ1) is 18.8. The average Bonchev–Trinajstić information content (AvgIpc) is 2.30. The molecular weight excluding hydrogens is 398 g/mol. The van der Waals surface area contributed by atoms with Gasteiger partial charge >= 0.3 is 12.1 Å². The number of carbonyl (C=O) groups excluding carboxylic acids is 1. The Hall–Kier alpha value is -0.270. The highest BCUT2D eigenvalue weighted by Gasteiger charge is 2.43. The molecule has 1 amide bonds. The lowest BCUT2D eigenvalue weighted by molar-refractivity contribution is -0.174. The lowest BCUT2D eigenvalue weighted by Gasteiger charge is -2.27. The Morgan fingerprint density at radius 3 is 2.10 bits per heavy atom. The van der Waals surface area contributed by atoms with E-state index in [-0.39, 0.29) is 15.7 Å². The monoisotopic (exact) mass is 402 g/mol. The number of nitrogens with one attached hydrogen (secondary N) is 2. The molecule has 2 N–H and O–H groups in total. The number of anilines is 1. The van der Waals surface area contributed by atoms with Crippen LogP contribution in [0.1, 0.15) is 0 Å². The number of hydrogen-bond donors (Lipinski definition) is 2. The second kappa shape index (κ2) is 6.87. The third-order valence-electron chi connectivity index (χ3n) is 2.09. The van der Waals surface area contributed by atoms with Gasteiger partial charge in [-0.2, -0.15) is 13.2 Å². The second-order valence-electron chi connectivity index (χ2n) is 3.72. The van der Waals surface area contributed by atoms with Crippen LogP contribution in [0.25, 0.3) is 0 Å². The van der Waals surface area contributed by atoms with Gasteiger partial charge in [-0.25, -0.2) is 0 Å². The zero-order chi connectivity index (χ0) is 16.4. The van der Waals surface area contributed by atoms with Gasteiger partial charge in [0.05, 0.1) is 10.0 Å². The number of rotatable bonds is 3. The summed E-state index contributed by atoms with van der Waals surface area (Å²) in [6.07, 6.45) is -6.76. The Morgan fingerprint density at radius 1 is 1.10 bits per heavy atom. The highest BCUT2D eigenvalue weighted by atomic mass is 35.6. The van der Waals surface area contributed by atoms with Crippen LogP contribution in [0.5, 0.6) is 0 Å². The molecule has 21 heavy (non-hydrogen) atoms. The molecule has 11 heteroatoms. The molecule has 1 aromatic carbocycles. The molecule has 1 rings (SSSR count). The number of hydrogen-bond acceptors (Lipinski definition) is 2. The van der Waals surface area contributed by atoms with E-state index < -0.39 is 22.0 Å². The summed E-state index contributed by atoms with van der Waals surface area (Å²) in [6.45, 7) is 0. The smallest absolute Gasteiger partial charge is 0.362 e. The maximum absolute atomic E-state index is 12.2. The first-order chi connectivity index (χ1) is 9.41. The van der Waals surface area contributed by atoms with Crippen molar-refractivity contribution in [2.24, 2.45) is 0 Å². The SMILES string of the molecule is O=C(NC(Nc1ccc(Cl)c(Cl)c1)C(Cl)(Cl)Cl)C(F)(F)F. The normalized spacial score (nSPS) is 13.7. The summed E-state index contributed by atoms with van der Waals surface area (Å²) in [5.74, 6) is -2.26. The van der Waals surface area contributed by atoms with Crippen LogP contribution >= 0.6 is 58.0 Å². The van der Waals surface area contributed by atoms with Crippen LogP contribution in [0.3, 0.4) is 0 Å². The molecule has 0 saturated heterocycles. The van der Waals surface area contributed by atoms with E-state index >= 15 is 0 Å². The van der Waals surface area contributed by atoms with Crippen molar-refractivity contribution in [1.29, 1.82) is 0 Å². The van der Waals surface area contributed by atoms with Crippen molar-refractivity contribution in [3.63, 3.8) is 0 Å². The minimum Gasteiger partial charge on any atom is -0.362 e. The van der Waals surface area contributed by atoms with Crippen molar-refractivity contribution in [2.45, 2.75) is 16.1 Å². The van der Waals surface area contributed by atoms with Gasteiger partial charge in [0.15, 0.2) is 0 Å². The van der Waals surface area contributed by atoms with Gasteiger partial charge in [-0.05, 0) is 18.2 Å². The van der Waals surface area contributed by atoms with Gasteiger partial charge in [-0.1, -0.05) is 58.0 Å². The third-order valence-corrected chi connectivity index (χ3v) is 3.48. The van der Waals surface area contributed by atoms with E-state index in [9.17, 15) is 18.0 Å². The molecule has 0 aromatic heterocycles. The minimum atomic E-state index is -5.12. The van der Waals surface area contributed by atoms with Gasteiger partial charge in [0, 0.05) is 5.69 Å². The molecule has 0 spiro atoms. The first-order valence-electron chi connectivity index (χ1n) is 5.07. The maximum atomic E-state index is 12.2. The Bertz CT molecular complexity index is 532. The molecule has 0 aliphatic rings. The Kier molecular flexibility index (Phi) is 6.15. The van der Waals surface area contributed by atoms with Gasteiger partial charge in [-0.15, -0.1) is 0 Å². The first-order valence-corrected chi connectivity index (χ1v) is 6.96. The molecule has 0 heterocycles. The quantitative estimate of drug-likeness (QED) is 0.562. The van der Waals surface area contributed by atoms with E-state index in [1.54, 1.807) is 0 Å². The molecule has 1 atom stereocenters. The highest BCUT2D eigenvalue weighted by molar-refractivity contribution is 6.68. The maximum Gasteiger partial charge on any atom is 0.471 e. The van der Waals surface area contributed by atoms with Gasteiger partial charge in [0.25, 0.3) is 0 Å². The van der Waals surface area contributed by atoms with Crippen LogP contribution in [-0.4, -0.2) is 22.0 Å². The summed E-state index contributed by atoms with van der Waals surface area (Å²) < 4.78 is 34.5. The molecule has 0 fully saturated rings. The van der Waals surface area contributed by atoms with E-state index in [1.165, 1.54) is 23.5 Å². The molecule has 0 radical (unpaired) electrons. The fourth-order valence-electron chi connectivity index (χ4n) is 1.17. The number of alkyl halides is 6. The predicted molar refractivity (Wildman–Crippen MR) is 78.4 cm³/mol. The summed E-state index contributed by atoms with van der Waals surface area (Å²) in [5, 5.41) is 4.31. The van der Waals surface area contributed by atoms with Gasteiger partial charge in [0.2, 0.25) is 3.79 Å². The summed E-state index contributed by atoms with van der Waals surface area (Å²) in [4.78, 5) is 10.9. The van der Waals surface area contributed by atoms with E-state index in [0.29, 0.717) is 0 Å². The fraction of sp³-hybridized carbons (Fsp3) is 0.300. The molecule has 3 nitrogen and oxygen atoms in total. The van der Waals surface area contributed by atoms with Crippen LogP contribution < -0.4 is 10.6 Å². The largest absolute Gasteiger partial charge is 0.471 e. The lowest BCUT2D eigenvalue weighted by atomic mass is 10.3. The minimum absolute atomic E-state index is 0.131. The summed E-state index contributed by atoms with van der Waals surface area (Å²) >= 11 is 28.1. The molecule has 0 aliphatic carbocycles. The molecule has 1 unspecified atom stereocenters. The van der Waals surface area contributed by atoms with Crippen LogP contribution in [-0.2, 0) is 4.79 Å². The molecule has 0 aliphatic heterocycles. The van der Waals surface area contributed by atoms with Crippen molar-refractivity contribution in [2.75, 3.05) is 5.32 Å². The Morgan fingerprint density at radius 2 is 1.67 bits per heavy atom. The summed E-state index contributed by atoms with van der Waals surface area (Å²) in [7, 11) is 0. The molecule has 0 saturated carbocycles. The number of amides is 1. The number of carbonyl (C=O) groups is 1. The fourth-order valence-corrected chi connectivity index (χ4v) is 1.79. The molecule has 0 bridgehead atoms. The van der Waals surface area contributed by atoms with Crippen molar-refractivity contribution in [1.82, 2.24) is 5.32 Å². The van der Waals surface area contributed by atoms with Crippen molar-refractivity contribution >= 4 is 69.6 Å². The average molecular weight is 404 g/mol. The zero-order valence-corrected chi connectivity index (χ0v) is 13.5. The topological polar surface area (TPSA) is 41.1 Å².